The van der Waals surface area contributed by atoms with E-state index in [1.807, 2.05) is 62.4 Å². The first kappa shape index (κ1) is 22.7. The van der Waals surface area contributed by atoms with Gasteiger partial charge in [-0.15, -0.1) is 0 Å². The third-order valence-corrected chi connectivity index (χ3v) is 5.65. The van der Waals surface area contributed by atoms with E-state index in [0.717, 1.165) is 22.4 Å². The molecular formula is C24H29N3O4. The molecule has 0 aliphatic carbocycles. The number of carbonyl (C=O) groups is 3. The monoisotopic (exact) mass is 423 g/mol. The Hall–Kier alpha value is -3.03. The fourth-order valence-corrected chi connectivity index (χ4v) is 3.70. The lowest BCUT2D eigenvalue weighted by Gasteiger charge is -2.26. The van der Waals surface area contributed by atoms with Crippen molar-refractivity contribution < 1.29 is 19.1 Å². The van der Waals surface area contributed by atoms with Gasteiger partial charge in [0.15, 0.2) is 0 Å². The fraction of sp³-hybridized carbons (Fsp3) is 0.375. The molecule has 3 amide bonds. The number of hydrogen-bond donors (Lipinski definition) is 1. The highest BCUT2D eigenvalue weighted by Crippen LogP contribution is 2.22. The minimum absolute atomic E-state index is 0.000391. The van der Waals surface area contributed by atoms with Crippen LogP contribution in [0.4, 0.5) is 5.69 Å². The Morgan fingerprint density at radius 1 is 1.13 bits per heavy atom. The third kappa shape index (κ3) is 5.57. The van der Waals surface area contributed by atoms with E-state index in [1.165, 1.54) is 4.90 Å². The Balaban J connectivity index is 1.71. The summed E-state index contributed by atoms with van der Waals surface area (Å²) in [5.41, 5.74) is 3.72. The zero-order chi connectivity index (χ0) is 22.4. The normalized spacial score (nSPS) is 16.3. The van der Waals surface area contributed by atoms with Gasteiger partial charge in [0.1, 0.15) is 0 Å². The highest BCUT2D eigenvalue weighted by molar-refractivity contribution is 6.05. The van der Waals surface area contributed by atoms with Crippen LogP contribution < -0.4 is 5.32 Å². The number of aryl methyl sites for hydroxylation is 1. The van der Waals surface area contributed by atoms with Crippen molar-refractivity contribution in [2.45, 2.75) is 32.9 Å². The molecule has 0 bridgehead atoms. The smallest absolute Gasteiger partial charge is 0.247 e. The van der Waals surface area contributed by atoms with Crippen LogP contribution in [0, 0.1) is 13.8 Å². The van der Waals surface area contributed by atoms with Crippen molar-refractivity contribution in [3.63, 3.8) is 0 Å². The molecule has 1 atom stereocenters. The van der Waals surface area contributed by atoms with Crippen LogP contribution in [0.25, 0.3) is 0 Å². The molecule has 1 fully saturated rings. The summed E-state index contributed by atoms with van der Waals surface area (Å²) in [6.07, 6.45) is 0.0616. The lowest BCUT2D eigenvalue weighted by Crippen LogP contribution is -2.46. The van der Waals surface area contributed by atoms with Crippen molar-refractivity contribution in [1.29, 1.82) is 0 Å². The zero-order valence-corrected chi connectivity index (χ0v) is 18.3. The van der Waals surface area contributed by atoms with Crippen molar-refractivity contribution in [3.05, 3.63) is 65.2 Å². The van der Waals surface area contributed by atoms with E-state index in [9.17, 15) is 14.4 Å². The second-order valence-corrected chi connectivity index (χ2v) is 7.78. The van der Waals surface area contributed by atoms with Gasteiger partial charge in [-0.25, -0.2) is 0 Å². The summed E-state index contributed by atoms with van der Waals surface area (Å²) >= 11 is 0. The van der Waals surface area contributed by atoms with Crippen molar-refractivity contribution in [2.75, 3.05) is 32.1 Å². The van der Waals surface area contributed by atoms with Gasteiger partial charge in [0.05, 0.1) is 32.2 Å². The van der Waals surface area contributed by atoms with Gasteiger partial charge in [-0.05, 0) is 36.6 Å². The number of likely N-dealkylation sites (tertiary alicyclic amines) is 1. The number of methoxy groups -OCH3 is 1. The van der Waals surface area contributed by atoms with Gasteiger partial charge in [0.25, 0.3) is 0 Å². The summed E-state index contributed by atoms with van der Waals surface area (Å²) in [5, 5.41) is 2.93. The van der Waals surface area contributed by atoms with Crippen LogP contribution in [0.15, 0.2) is 48.5 Å². The second-order valence-electron chi connectivity index (χ2n) is 7.78. The van der Waals surface area contributed by atoms with Gasteiger partial charge in [0.2, 0.25) is 17.7 Å². The summed E-state index contributed by atoms with van der Waals surface area (Å²) in [7, 11) is 1.57. The van der Waals surface area contributed by atoms with Crippen molar-refractivity contribution >= 4 is 23.4 Å². The summed E-state index contributed by atoms with van der Waals surface area (Å²) in [4.78, 5) is 41.4. The molecule has 0 saturated carbocycles. The van der Waals surface area contributed by atoms with Crippen molar-refractivity contribution in [1.82, 2.24) is 9.80 Å². The Morgan fingerprint density at radius 3 is 2.58 bits per heavy atom. The molecule has 7 nitrogen and oxygen atoms in total. The fourth-order valence-electron chi connectivity index (χ4n) is 3.70. The Labute approximate surface area is 183 Å². The van der Waals surface area contributed by atoms with E-state index in [2.05, 4.69) is 5.32 Å². The lowest BCUT2D eigenvalue weighted by atomic mass is 10.1. The number of amides is 3. The zero-order valence-electron chi connectivity index (χ0n) is 18.3. The predicted octanol–water partition coefficient (Wildman–Crippen LogP) is 2.52. The van der Waals surface area contributed by atoms with E-state index in [-0.39, 0.29) is 37.2 Å². The Morgan fingerprint density at radius 2 is 1.87 bits per heavy atom. The number of benzene rings is 2. The highest BCUT2D eigenvalue weighted by Gasteiger charge is 2.42. The van der Waals surface area contributed by atoms with E-state index in [4.69, 9.17) is 4.74 Å². The van der Waals surface area contributed by atoms with Crippen LogP contribution in [0.5, 0.6) is 0 Å². The molecule has 2 aromatic carbocycles. The van der Waals surface area contributed by atoms with Crippen LogP contribution in [0.1, 0.15) is 23.1 Å². The number of ether oxygens (including phenoxy) is 1. The molecule has 1 saturated heterocycles. The molecule has 3 rings (SSSR count). The molecule has 1 unspecified atom stereocenters. The predicted molar refractivity (Wildman–Crippen MR) is 118 cm³/mol. The number of imide groups is 1. The number of anilines is 1. The minimum atomic E-state index is -0.671. The standard InChI is InChI=1S/C24H29N3O4/c1-17-8-7-11-20(18(17)2)25-22(28)16-26(12-13-31-3)21-14-23(29)27(24(21)30)15-19-9-5-4-6-10-19/h4-11,21H,12-16H2,1-3H3,(H,25,28). The van der Waals surface area contributed by atoms with Gasteiger partial charge >= 0.3 is 0 Å². The molecule has 7 heteroatoms. The maximum absolute atomic E-state index is 13.1. The minimum Gasteiger partial charge on any atom is -0.383 e. The number of carbonyl (C=O) groups excluding carboxylic acids is 3. The molecule has 1 aliphatic heterocycles. The molecule has 0 aromatic heterocycles. The molecule has 1 heterocycles. The first-order chi connectivity index (χ1) is 14.9. The van der Waals surface area contributed by atoms with Crippen LogP contribution in [-0.2, 0) is 25.7 Å². The topological polar surface area (TPSA) is 79.0 Å². The lowest BCUT2D eigenvalue weighted by molar-refractivity contribution is -0.140. The van der Waals surface area contributed by atoms with Crippen LogP contribution in [0.2, 0.25) is 0 Å². The summed E-state index contributed by atoms with van der Waals surface area (Å²) in [6, 6.07) is 14.5. The molecule has 1 aliphatic rings. The van der Waals surface area contributed by atoms with Gasteiger partial charge in [-0.1, -0.05) is 42.5 Å². The molecule has 2 aromatic rings. The average Bonchev–Trinajstić information content (AvgIpc) is 3.03. The summed E-state index contributed by atoms with van der Waals surface area (Å²) in [5.74, 6) is -0.729. The summed E-state index contributed by atoms with van der Waals surface area (Å²) in [6.45, 7) is 4.91. The quantitative estimate of drug-likeness (QED) is 0.627. The maximum Gasteiger partial charge on any atom is 0.247 e. The van der Waals surface area contributed by atoms with E-state index in [1.54, 1.807) is 12.0 Å². The maximum atomic E-state index is 13.1. The van der Waals surface area contributed by atoms with Gasteiger partial charge in [-0.3, -0.25) is 24.2 Å². The Kier molecular flexibility index (Phi) is 7.55. The average molecular weight is 424 g/mol. The van der Waals surface area contributed by atoms with Crippen molar-refractivity contribution in [3.8, 4) is 0 Å². The SMILES string of the molecule is COCCN(CC(=O)Nc1cccc(C)c1C)C1CC(=O)N(Cc2ccccc2)C1=O. The molecule has 164 valence electrons. The third-order valence-electron chi connectivity index (χ3n) is 5.65. The summed E-state index contributed by atoms with van der Waals surface area (Å²) < 4.78 is 5.17. The van der Waals surface area contributed by atoms with Crippen LogP contribution in [-0.4, -0.2) is 60.4 Å². The number of nitrogens with zero attached hydrogens (tertiary/aromatic N) is 2. The van der Waals surface area contributed by atoms with Gasteiger partial charge < -0.3 is 10.1 Å². The largest absolute Gasteiger partial charge is 0.383 e. The molecule has 0 radical (unpaired) electrons. The van der Waals surface area contributed by atoms with Gasteiger partial charge in [0, 0.05) is 19.3 Å². The number of rotatable bonds is 9. The highest BCUT2D eigenvalue weighted by atomic mass is 16.5. The van der Waals surface area contributed by atoms with E-state index in [0.29, 0.717) is 13.2 Å². The molecule has 1 N–H and O–H groups in total. The first-order valence-electron chi connectivity index (χ1n) is 10.4. The van der Waals surface area contributed by atoms with Crippen LogP contribution in [0.3, 0.4) is 0 Å². The van der Waals surface area contributed by atoms with E-state index >= 15 is 0 Å². The molecule has 31 heavy (non-hydrogen) atoms. The van der Waals surface area contributed by atoms with Gasteiger partial charge in [-0.2, -0.15) is 0 Å². The van der Waals surface area contributed by atoms with Crippen molar-refractivity contribution in [2.24, 2.45) is 0 Å². The second kappa shape index (κ2) is 10.3. The van der Waals surface area contributed by atoms with E-state index < -0.39 is 6.04 Å². The number of hydrogen-bond acceptors (Lipinski definition) is 5. The molecule has 0 spiro atoms. The molecular weight excluding hydrogens is 394 g/mol. The Bertz CT molecular complexity index is 945. The first-order valence-corrected chi connectivity index (χ1v) is 10.4. The van der Waals surface area contributed by atoms with Crippen LogP contribution >= 0.6 is 0 Å². The number of nitrogens with one attached hydrogen (secondary N) is 1.